The molecule has 7 nitrogen and oxygen atoms in total. The predicted octanol–water partition coefficient (Wildman–Crippen LogP) is 8.61. The van der Waals surface area contributed by atoms with E-state index in [9.17, 15) is 0 Å². The minimum Gasteiger partial charge on any atom is -0.453 e. The molecule has 5 heterocycles. The summed E-state index contributed by atoms with van der Waals surface area (Å²) in [5.41, 5.74) is 8.49. The highest BCUT2D eigenvalue weighted by molar-refractivity contribution is 6.13. The van der Waals surface area contributed by atoms with Crippen molar-refractivity contribution in [3.8, 4) is 23.1 Å². The first kappa shape index (κ1) is 25.0. The lowest BCUT2D eigenvalue weighted by Crippen LogP contribution is -2.02. The molecule has 0 bridgehead atoms. The number of aromatic nitrogens is 5. The molecule has 202 valence electrons. The largest absolute Gasteiger partial charge is 0.453 e. The highest BCUT2D eigenvalue weighted by atomic mass is 16.5. The molecule has 0 atom stereocenters. The van der Waals surface area contributed by atoms with Crippen molar-refractivity contribution in [2.75, 3.05) is 0 Å². The Kier molecular flexibility index (Phi) is 5.82. The second-order valence-corrected chi connectivity index (χ2v) is 10.7. The normalized spacial score (nSPS) is 11.8. The van der Waals surface area contributed by atoms with Gasteiger partial charge in [-0.25, -0.2) is 9.97 Å². The lowest BCUT2D eigenvalue weighted by Gasteiger charge is -2.18. The summed E-state index contributed by atoms with van der Waals surface area (Å²) >= 11 is 0. The lowest BCUT2D eigenvalue weighted by atomic mass is 9.96. The molecular formula is C34H29N5O2. The first-order valence-corrected chi connectivity index (χ1v) is 13.8. The van der Waals surface area contributed by atoms with E-state index in [0.717, 1.165) is 55.4 Å². The van der Waals surface area contributed by atoms with E-state index >= 15 is 0 Å². The summed E-state index contributed by atoms with van der Waals surface area (Å²) < 4.78 is 14.9. The number of pyridine rings is 4. The minimum absolute atomic E-state index is 0.327. The number of hydrogen-bond acceptors (Lipinski definition) is 6. The third kappa shape index (κ3) is 4.04. The van der Waals surface area contributed by atoms with E-state index in [0.29, 0.717) is 29.0 Å². The van der Waals surface area contributed by atoms with E-state index in [1.807, 2.05) is 57.2 Å². The van der Waals surface area contributed by atoms with Gasteiger partial charge in [-0.05, 0) is 62.6 Å². The van der Waals surface area contributed by atoms with Crippen LogP contribution in [-0.2, 0) is 0 Å². The molecule has 0 N–H and O–H groups in total. The molecule has 0 aliphatic rings. The standard InChI is InChI=1S/C34H29N5O2/c1-19(2)24-11-10-14-28-30(24)31-25(34-38-26-12-6-7-13-27(26)39(28)34)17-23(18-36-31)40-32-20(3)33(22(5)37-21(32)4)41-29-15-8-9-16-35-29/h6-19H,1-5H3. The van der Waals surface area contributed by atoms with Gasteiger partial charge < -0.3 is 9.47 Å². The zero-order chi connectivity index (χ0) is 28.2. The van der Waals surface area contributed by atoms with Crippen LogP contribution in [0.2, 0.25) is 0 Å². The van der Waals surface area contributed by atoms with Gasteiger partial charge >= 0.3 is 0 Å². The van der Waals surface area contributed by atoms with Crippen LogP contribution >= 0.6 is 0 Å². The fourth-order valence-electron chi connectivity index (χ4n) is 5.73. The topological polar surface area (TPSA) is 74.4 Å². The van der Waals surface area contributed by atoms with Crippen molar-refractivity contribution >= 4 is 38.5 Å². The molecule has 7 aromatic rings. The quantitative estimate of drug-likeness (QED) is 0.204. The van der Waals surface area contributed by atoms with Crippen molar-refractivity contribution in [2.45, 2.75) is 40.5 Å². The maximum atomic E-state index is 6.53. The Balaban J connectivity index is 1.44. The monoisotopic (exact) mass is 539 g/mol. The van der Waals surface area contributed by atoms with Crippen molar-refractivity contribution in [1.82, 2.24) is 24.3 Å². The van der Waals surface area contributed by atoms with Crippen LogP contribution in [0, 0.1) is 20.8 Å². The summed E-state index contributed by atoms with van der Waals surface area (Å²) in [5.74, 6) is 2.70. The number of imidazole rings is 1. The van der Waals surface area contributed by atoms with E-state index in [2.05, 4.69) is 53.6 Å². The number of rotatable bonds is 5. The van der Waals surface area contributed by atoms with Crippen molar-refractivity contribution < 1.29 is 9.47 Å². The van der Waals surface area contributed by atoms with Crippen LogP contribution in [0.15, 0.2) is 79.1 Å². The van der Waals surface area contributed by atoms with Crippen LogP contribution in [0.1, 0.15) is 42.3 Å². The number of fused-ring (bicyclic) bond motifs is 8. The van der Waals surface area contributed by atoms with Crippen molar-refractivity contribution in [3.63, 3.8) is 0 Å². The Bertz CT molecular complexity index is 2120. The fourth-order valence-corrected chi connectivity index (χ4v) is 5.73. The molecule has 0 saturated heterocycles. The Labute approximate surface area is 237 Å². The summed E-state index contributed by atoms with van der Waals surface area (Å²) in [6, 6.07) is 22.3. The van der Waals surface area contributed by atoms with Gasteiger partial charge in [0.2, 0.25) is 5.88 Å². The van der Waals surface area contributed by atoms with Gasteiger partial charge in [0, 0.05) is 28.6 Å². The first-order valence-electron chi connectivity index (χ1n) is 13.8. The maximum absolute atomic E-state index is 6.53. The molecule has 0 spiro atoms. The van der Waals surface area contributed by atoms with Gasteiger partial charge in [-0.15, -0.1) is 0 Å². The van der Waals surface area contributed by atoms with E-state index < -0.39 is 0 Å². The van der Waals surface area contributed by atoms with Crippen molar-refractivity contribution in [2.24, 2.45) is 0 Å². The number of hydrogen-bond donors (Lipinski definition) is 0. The van der Waals surface area contributed by atoms with Gasteiger partial charge in [0.05, 0.1) is 39.7 Å². The zero-order valence-electron chi connectivity index (χ0n) is 23.6. The van der Waals surface area contributed by atoms with Gasteiger partial charge in [0.25, 0.3) is 0 Å². The summed E-state index contributed by atoms with van der Waals surface area (Å²) in [6.07, 6.45) is 3.49. The second-order valence-electron chi connectivity index (χ2n) is 10.7. The van der Waals surface area contributed by atoms with Crippen LogP contribution in [0.3, 0.4) is 0 Å². The average molecular weight is 540 g/mol. The Hall–Kier alpha value is -5.04. The number of nitrogens with zero attached hydrogens (tertiary/aromatic N) is 5. The summed E-state index contributed by atoms with van der Waals surface area (Å²) in [6.45, 7) is 10.3. The maximum Gasteiger partial charge on any atom is 0.219 e. The Morgan fingerprint density at radius 3 is 2.29 bits per heavy atom. The van der Waals surface area contributed by atoms with Crippen LogP contribution < -0.4 is 9.47 Å². The first-order chi connectivity index (χ1) is 19.9. The molecule has 5 aromatic heterocycles. The summed E-state index contributed by atoms with van der Waals surface area (Å²) in [7, 11) is 0. The Morgan fingerprint density at radius 2 is 1.51 bits per heavy atom. The molecular weight excluding hydrogens is 510 g/mol. The molecule has 0 saturated carbocycles. The van der Waals surface area contributed by atoms with Gasteiger partial charge in [-0.2, -0.15) is 0 Å². The Morgan fingerprint density at radius 1 is 0.756 bits per heavy atom. The van der Waals surface area contributed by atoms with Crippen molar-refractivity contribution in [3.05, 3.63) is 102 Å². The number of ether oxygens (including phenoxy) is 2. The second kappa shape index (κ2) is 9.55. The van der Waals surface area contributed by atoms with Crippen molar-refractivity contribution in [1.29, 1.82) is 0 Å². The molecule has 0 radical (unpaired) electrons. The zero-order valence-corrected chi connectivity index (χ0v) is 23.6. The van der Waals surface area contributed by atoms with Crippen LogP contribution in [0.5, 0.6) is 23.1 Å². The summed E-state index contributed by atoms with van der Waals surface area (Å²) in [5, 5.41) is 2.06. The molecule has 0 aliphatic carbocycles. The highest BCUT2D eigenvalue weighted by Gasteiger charge is 2.20. The van der Waals surface area contributed by atoms with Crippen LogP contribution in [0.4, 0.5) is 0 Å². The molecule has 41 heavy (non-hydrogen) atoms. The van der Waals surface area contributed by atoms with Gasteiger partial charge in [0.1, 0.15) is 11.4 Å². The number of benzene rings is 2. The van der Waals surface area contributed by atoms with Gasteiger partial charge in [-0.1, -0.05) is 44.2 Å². The smallest absolute Gasteiger partial charge is 0.219 e. The van der Waals surface area contributed by atoms with E-state index in [1.54, 1.807) is 12.4 Å². The molecule has 0 aliphatic heterocycles. The third-order valence-electron chi connectivity index (χ3n) is 7.58. The van der Waals surface area contributed by atoms with E-state index in [1.165, 1.54) is 5.56 Å². The van der Waals surface area contributed by atoms with Crippen LogP contribution in [0.25, 0.3) is 38.5 Å². The lowest BCUT2D eigenvalue weighted by molar-refractivity contribution is 0.432. The minimum atomic E-state index is 0.327. The highest BCUT2D eigenvalue weighted by Crippen LogP contribution is 2.40. The van der Waals surface area contributed by atoms with Gasteiger partial charge in [-0.3, -0.25) is 14.4 Å². The number of para-hydroxylation sites is 2. The van der Waals surface area contributed by atoms with Crippen LogP contribution in [-0.4, -0.2) is 24.3 Å². The molecule has 7 rings (SSSR count). The number of aryl methyl sites for hydroxylation is 2. The molecule has 0 fully saturated rings. The third-order valence-corrected chi connectivity index (χ3v) is 7.58. The summed E-state index contributed by atoms with van der Waals surface area (Å²) in [4.78, 5) is 19.1. The molecule has 2 aromatic carbocycles. The van der Waals surface area contributed by atoms with E-state index in [4.69, 9.17) is 24.4 Å². The molecule has 0 unspecified atom stereocenters. The molecule has 0 amide bonds. The predicted molar refractivity (Wildman–Crippen MR) is 162 cm³/mol. The molecule has 7 heteroatoms. The SMILES string of the molecule is Cc1nc(C)c(Oc2ccccn2)c(C)c1Oc1cnc2c(c1)c1nc3ccccc3n1c1cccc(C(C)C)c21. The van der Waals surface area contributed by atoms with E-state index in [-0.39, 0.29) is 0 Å². The average Bonchev–Trinajstić information content (AvgIpc) is 3.38. The van der Waals surface area contributed by atoms with Gasteiger partial charge in [0.15, 0.2) is 11.5 Å². The fraction of sp³-hybridized carbons (Fsp3) is 0.176.